The van der Waals surface area contributed by atoms with Crippen molar-refractivity contribution in [1.29, 1.82) is 0 Å². The summed E-state index contributed by atoms with van der Waals surface area (Å²) in [7, 11) is -3.43. The molecule has 1 aliphatic rings. The van der Waals surface area contributed by atoms with Crippen LogP contribution in [0.15, 0.2) is 40.8 Å². The molecule has 0 N–H and O–H groups in total. The summed E-state index contributed by atoms with van der Waals surface area (Å²) in [5.74, 6) is 0. The van der Waals surface area contributed by atoms with Gasteiger partial charge in [-0.25, -0.2) is 8.42 Å². The van der Waals surface area contributed by atoms with Crippen LogP contribution in [-0.4, -0.2) is 26.6 Å². The normalized spacial score (nSPS) is 27.6. The van der Waals surface area contributed by atoms with E-state index in [2.05, 4.69) is 0 Å². The second-order valence-electron chi connectivity index (χ2n) is 4.89. The summed E-state index contributed by atoms with van der Waals surface area (Å²) in [4.78, 5) is 11.4. The minimum atomic E-state index is -3.43. The van der Waals surface area contributed by atoms with Gasteiger partial charge in [-0.3, -0.25) is 4.79 Å². The first-order chi connectivity index (χ1) is 8.79. The topological polar surface area (TPSA) is 60.4 Å². The number of carbonyl (C=O) groups excluding carboxylic acids is 1. The SMILES string of the molecule is CC1=C(S(C)(=O)=O)C(c2ccccc2)OC1(C)C=O. The van der Waals surface area contributed by atoms with Crippen LogP contribution in [0.2, 0.25) is 0 Å². The van der Waals surface area contributed by atoms with Crippen LogP contribution in [-0.2, 0) is 19.4 Å². The van der Waals surface area contributed by atoms with Crippen molar-refractivity contribution in [3.05, 3.63) is 46.4 Å². The van der Waals surface area contributed by atoms with Gasteiger partial charge in [0, 0.05) is 6.26 Å². The number of carbonyl (C=O) groups is 1. The minimum Gasteiger partial charge on any atom is -0.350 e. The van der Waals surface area contributed by atoms with E-state index in [-0.39, 0.29) is 4.91 Å². The second kappa shape index (κ2) is 4.58. The molecule has 1 aromatic rings. The van der Waals surface area contributed by atoms with Crippen molar-refractivity contribution < 1.29 is 17.9 Å². The first-order valence-corrected chi connectivity index (χ1v) is 7.79. The van der Waals surface area contributed by atoms with Gasteiger partial charge in [0.05, 0.1) is 4.91 Å². The lowest BCUT2D eigenvalue weighted by atomic mass is 10.00. The van der Waals surface area contributed by atoms with Crippen molar-refractivity contribution in [3.63, 3.8) is 0 Å². The van der Waals surface area contributed by atoms with E-state index in [0.29, 0.717) is 11.9 Å². The maximum atomic E-state index is 12.0. The Hall–Kier alpha value is -1.46. The molecule has 0 aliphatic carbocycles. The Morgan fingerprint density at radius 3 is 2.32 bits per heavy atom. The third-order valence-corrected chi connectivity index (χ3v) is 4.76. The summed E-state index contributed by atoms with van der Waals surface area (Å²) in [6.07, 6.45) is 1.07. The zero-order valence-corrected chi connectivity index (χ0v) is 11.9. The molecular formula is C14H16O4S. The highest BCUT2D eigenvalue weighted by Crippen LogP contribution is 2.45. The Kier molecular flexibility index (Phi) is 3.36. The fourth-order valence-electron chi connectivity index (χ4n) is 2.26. The fourth-order valence-corrected chi connectivity index (χ4v) is 3.60. The van der Waals surface area contributed by atoms with Crippen molar-refractivity contribution in [2.24, 2.45) is 0 Å². The third-order valence-electron chi connectivity index (χ3n) is 3.44. The van der Waals surface area contributed by atoms with Crippen LogP contribution in [0.1, 0.15) is 25.5 Å². The fraction of sp³-hybridized carbons (Fsp3) is 0.357. The van der Waals surface area contributed by atoms with Crippen molar-refractivity contribution in [2.45, 2.75) is 25.6 Å². The summed E-state index contributed by atoms with van der Waals surface area (Å²) in [5.41, 5.74) is 0.00514. The van der Waals surface area contributed by atoms with Gasteiger partial charge in [-0.2, -0.15) is 0 Å². The molecule has 1 heterocycles. The van der Waals surface area contributed by atoms with Crippen molar-refractivity contribution in [1.82, 2.24) is 0 Å². The quantitative estimate of drug-likeness (QED) is 0.795. The first kappa shape index (κ1) is 14.0. The van der Waals surface area contributed by atoms with Crippen molar-refractivity contribution in [3.8, 4) is 0 Å². The third kappa shape index (κ3) is 2.35. The lowest BCUT2D eigenvalue weighted by Gasteiger charge is -2.20. The number of ether oxygens (including phenoxy) is 1. The van der Waals surface area contributed by atoms with Crippen LogP contribution in [0.25, 0.3) is 0 Å². The summed E-state index contributed by atoms with van der Waals surface area (Å²) in [6.45, 7) is 3.22. The van der Waals surface area contributed by atoms with Gasteiger partial charge >= 0.3 is 0 Å². The van der Waals surface area contributed by atoms with Crippen LogP contribution in [0.4, 0.5) is 0 Å². The van der Waals surface area contributed by atoms with E-state index in [1.165, 1.54) is 0 Å². The summed E-state index contributed by atoms with van der Waals surface area (Å²) in [5, 5.41) is 0. The first-order valence-electron chi connectivity index (χ1n) is 5.90. The van der Waals surface area contributed by atoms with E-state index in [1.807, 2.05) is 18.2 Å². The largest absolute Gasteiger partial charge is 0.350 e. The van der Waals surface area contributed by atoms with Crippen LogP contribution < -0.4 is 0 Å². The van der Waals surface area contributed by atoms with Gasteiger partial charge in [0.2, 0.25) is 0 Å². The van der Waals surface area contributed by atoms with Gasteiger partial charge < -0.3 is 4.74 Å². The van der Waals surface area contributed by atoms with E-state index >= 15 is 0 Å². The van der Waals surface area contributed by atoms with Gasteiger partial charge in [-0.15, -0.1) is 0 Å². The van der Waals surface area contributed by atoms with Gasteiger partial charge in [0.25, 0.3) is 0 Å². The molecular weight excluding hydrogens is 264 g/mol. The predicted octanol–water partition coefficient (Wildman–Crippen LogP) is 2.03. The van der Waals surface area contributed by atoms with E-state index in [9.17, 15) is 13.2 Å². The second-order valence-corrected chi connectivity index (χ2v) is 6.88. The zero-order valence-electron chi connectivity index (χ0n) is 11.1. The molecule has 0 aromatic heterocycles. The van der Waals surface area contributed by atoms with E-state index < -0.39 is 21.5 Å². The monoisotopic (exact) mass is 280 g/mol. The van der Waals surface area contributed by atoms with Crippen molar-refractivity contribution in [2.75, 3.05) is 6.26 Å². The Bertz CT molecular complexity index is 631. The highest BCUT2D eigenvalue weighted by atomic mass is 32.2. The van der Waals surface area contributed by atoms with Crippen LogP contribution in [0, 0.1) is 0 Å². The molecule has 19 heavy (non-hydrogen) atoms. The maximum absolute atomic E-state index is 12.0. The van der Waals surface area contributed by atoms with E-state index in [0.717, 1.165) is 11.8 Å². The van der Waals surface area contributed by atoms with Crippen molar-refractivity contribution >= 4 is 16.1 Å². The molecule has 0 bridgehead atoms. The molecule has 0 saturated carbocycles. The molecule has 102 valence electrons. The molecule has 0 saturated heterocycles. The molecule has 2 unspecified atom stereocenters. The summed E-state index contributed by atoms with van der Waals surface area (Å²) >= 11 is 0. The Morgan fingerprint density at radius 1 is 1.26 bits per heavy atom. The molecule has 0 radical (unpaired) electrons. The number of sulfone groups is 1. The Labute approximate surface area is 113 Å². The number of benzene rings is 1. The van der Waals surface area contributed by atoms with Gasteiger partial charge in [-0.05, 0) is 25.0 Å². The molecule has 2 atom stereocenters. The zero-order chi connectivity index (χ0) is 14.3. The minimum absolute atomic E-state index is 0.188. The number of rotatable bonds is 3. The molecule has 5 heteroatoms. The van der Waals surface area contributed by atoms with E-state index in [4.69, 9.17) is 4.74 Å². The molecule has 1 aliphatic heterocycles. The highest BCUT2D eigenvalue weighted by molar-refractivity contribution is 7.94. The maximum Gasteiger partial charge on any atom is 0.174 e. The smallest absolute Gasteiger partial charge is 0.174 e. The molecule has 4 nitrogen and oxygen atoms in total. The Morgan fingerprint density at radius 2 is 1.84 bits per heavy atom. The summed E-state index contributed by atoms with van der Waals surface area (Å²) in [6, 6.07) is 9.04. The van der Waals surface area contributed by atoms with Gasteiger partial charge in [0.1, 0.15) is 11.7 Å². The lowest BCUT2D eigenvalue weighted by molar-refractivity contribution is -0.125. The lowest BCUT2D eigenvalue weighted by Crippen LogP contribution is -2.28. The van der Waals surface area contributed by atoms with Crippen LogP contribution >= 0.6 is 0 Å². The average Bonchev–Trinajstić information content (AvgIpc) is 2.64. The average molecular weight is 280 g/mol. The molecule has 0 amide bonds. The number of hydrogen-bond donors (Lipinski definition) is 0. The van der Waals surface area contributed by atoms with Crippen LogP contribution in [0.5, 0.6) is 0 Å². The van der Waals surface area contributed by atoms with E-state index in [1.54, 1.807) is 26.0 Å². The molecule has 2 rings (SSSR count). The molecule has 0 fully saturated rings. The number of hydrogen-bond acceptors (Lipinski definition) is 4. The summed E-state index contributed by atoms with van der Waals surface area (Å²) < 4.78 is 29.7. The van der Waals surface area contributed by atoms with Gasteiger partial charge in [-0.1, -0.05) is 30.3 Å². The molecule has 1 aromatic carbocycles. The highest BCUT2D eigenvalue weighted by Gasteiger charge is 2.45. The number of aldehydes is 1. The van der Waals surface area contributed by atoms with Crippen LogP contribution in [0.3, 0.4) is 0 Å². The van der Waals surface area contributed by atoms with Gasteiger partial charge in [0.15, 0.2) is 16.1 Å². The predicted molar refractivity (Wildman–Crippen MR) is 72.3 cm³/mol. The Balaban J connectivity index is 2.62. The standard InChI is InChI=1S/C14H16O4S/c1-10-13(19(3,16)17)12(18-14(10,2)9-15)11-7-5-4-6-8-11/h4-9,12H,1-3H3. The molecule has 0 spiro atoms.